The van der Waals surface area contributed by atoms with Gasteiger partial charge in [0.05, 0.1) is 6.42 Å². The highest BCUT2D eigenvalue weighted by Gasteiger charge is 2.20. The monoisotopic (exact) mass is 224 g/mol. The zero-order valence-electron chi connectivity index (χ0n) is 8.95. The van der Waals surface area contributed by atoms with Gasteiger partial charge < -0.3 is 5.11 Å². The zero-order chi connectivity index (χ0) is 10.8. The molecule has 0 saturated heterocycles. The van der Waals surface area contributed by atoms with E-state index in [1.807, 2.05) is 18.3 Å². The fraction of sp³-hybridized carbons (Fsp3) is 0.583. The average Bonchev–Trinajstić information content (AvgIpc) is 2.59. The van der Waals surface area contributed by atoms with Crippen LogP contribution in [0.3, 0.4) is 0 Å². The SMILES string of the molecule is CC(CC(=O)O)c1csc2c1CCCC2. The number of thiophene rings is 1. The van der Waals surface area contributed by atoms with Gasteiger partial charge in [-0.1, -0.05) is 6.92 Å². The summed E-state index contributed by atoms with van der Waals surface area (Å²) in [7, 11) is 0. The fourth-order valence-electron chi connectivity index (χ4n) is 2.30. The molecule has 0 fully saturated rings. The molecular weight excluding hydrogens is 208 g/mol. The molecule has 2 nitrogen and oxygen atoms in total. The molecule has 0 amide bonds. The number of fused-ring (bicyclic) bond motifs is 1. The summed E-state index contributed by atoms with van der Waals surface area (Å²) in [4.78, 5) is 12.2. The van der Waals surface area contributed by atoms with Gasteiger partial charge in [-0.05, 0) is 48.1 Å². The fourth-order valence-corrected chi connectivity index (χ4v) is 3.57. The van der Waals surface area contributed by atoms with Gasteiger partial charge in [0, 0.05) is 4.88 Å². The Labute approximate surface area is 93.9 Å². The van der Waals surface area contributed by atoms with Crippen molar-refractivity contribution in [1.29, 1.82) is 0 Å². The van der Waals surface area contributed by atoms with Crippen LogP contribution in [0.25, 0.3) is 0 Å². The van der Waals surface area contributed by atoms with Crippen LogP contribution in [0.15, 0.2) is 5.38 Å². The van der Waals surface area contributed by atoms with Crippen molar-refractivity contribution in [3.63, 3.8) is 0 Å². The minimum atomic E-state index is -0.696. The lowest BCUT2D eigenvalue weighted by molar-refractivity contribution is -0.137. The Morgan fingerprint density at radius 2 is 2.27 bits per heavy atom. The van der Waals surface area contributed by atoms with E-state index in [2.05, 4.69) is 5.38 Å². The predicted molar refractivity (Wildman–Crippen MR) is 61.6 cm³/mol. The number of aryl methyl sites for hydroxylation is 1. The number of aliphatic carboxylic acids is 1. The summed E-state index contributed by atoms with van der Waals surface area (Å²) in [6.45, 7) is 2.02. The van der Waals surface area contributed by atoms with Crippen molar-refractivity contribution < 1.29 is 9.90 Å². The summed E-state index contributed by atoms with van der Waals surface area (Å²) in [5, 5.41) is 11.0. The van der Waals surface area contributed by atoms with Crippen molar-refractivity contribution in [2.75, 3.05) is 0 Å². The molecule has 1 N–H and O–H groups in total. The molecule has 1 aromatic heterocycles. The maximum absolute atomic E-state index is 10.7. The van der Waals surface area contributed by atoms with E-state index in [9.17, 15) is 4.79 Å². The lowest BCUT2D eigenvalue weighted by atomic mass is 9.89. The Hall–Kier alpha value is -0.830. The van der Waals surface area contributed by atoms with Crippen LogP contribution in [0, 0.1) is 0 Å². The molecule has 0 aromatic carbocycles. The van der Waals surface area contributed by atoms with Crippen LogP contribution < -0.4 is 0 Å². The number of carboxylic acid groups (broad SMARTS) is 1. The van der Waals surface area contributed by atoms with Gasteiger partial charge >= 0.3 is 5.97 Å². The number of rotatable bonds is 3. The molecule has 1 aromatic rings. The highest BCUT2D eigenvalue weighted by atomic mass is 32.1. The minimum absolute atomic E-state index is 0.167. The summed E-state index contributed by atoms with van der Waals surface area (Å²) in [6.07, 6.45) is 5.15. The highest BCUT2D eigenvalue weighted by Crippen LogP contribution is 2.35. The first-order valence-electron chi connectivity index (χ1n) is 5.49. The summed E-state index contributed by atoms with van der Waals surface area (Å²) in [6, 6.07) is 0. The van der Waals surface area contributed by atoms with Gasteiger partial charge in [-0.3, -0.25) is 4.79 Å². The predicted octanol–water partition coefficient (Wildman–Crippen LogP) is 3.21. The zero-order valence-corrected chi connectivity index (χ0v) is 9.77. The summed E-state index contributed by atoms with van der Waals surface area (Å²) in [5.41, 5.74) is 2.75. The van der Waals surface area contributed by atoms with Gasteiger partial charge in [0.15, 0.2) is 0 Å². The molecule has 2 rings (SSSR count). The first-order valence-corrected chi connectivity index (χ1v) is 6.37. The lowest BCUT2D eigenvalue weighted by Crippen LogP contribution is -2.07. The molecule has 3 heteroatoms. The largest absolute Gasteiger partial charge is 0.481 e. The maximum Gasteiger partial charge on any atom is 0.303 e. The van der Waals surface area contributed by atoms with Crippen molar-refractivity contribution in [2.45, 2.75) is 44.9 Å². The first kappa shape index (κ1) is 10.7. The van der Waals surface area contributed by atoms with Crippen molar-refractivity contribution in [3.8, 4) is 0 Å². The normalized spacial score (nSPS) is 17.1. The topological polar surface area (TPSA) is 37.3 Å². The van der Waals surface area contributed by atoms with Gasteiger partial charge in [-0.2, -0.15) is 0 Å². The molecule has 0 spiro atoms. The number of carbonyl (C=O) groups is 1. The van der Waals surface area contributed by atoms with Gasteiger partial charge in [-0.15, -0.1) is 11.3 Å². The average molecular weight is 224 g/mol. The maximum atomic E-state index is 10.7. The van der Waals surface area contributed by atoms with E-state index in [1.54, 1.807) is 0 Å². The van der Waals surface area contributed by atoms with Crippen LogP contribution in [0.1, 0.15) is 48.1 Å². The van der Waals surface area contributed by atoms with Crippen LogP contribution in [0.4, 0.5) is 0 Å². The quantitative estimate of drug-likeness (QED) is 0.856. The molecule has 0 aliphatic heterocycles. The smallest absolute Gasteiger partial charge is 0.303 e. The van der Waals surface area contributed by atoms with E-state index in [-0.39, 0.29) is 12.3 Å². The second-order valence-corrected chi connectivity index (χ2v) is 5.26. The molecule has 1 heterocycles. The Bertz CT molecular complexity index is 368. The second kappa shape index (κ2) is 4.35. The van der Waals surface area contributed by atoms with Gasteiger partial charge in [0.2, 0.25) is 0 Å². The third kappa shape index (κ3) is 2.23. The Morgan fingerprint density at radius 3 is 3.00 bits per heavy atom. The van der Waals surface area contributed by atoms with Crippen LogP contribution in [0.5, 0.6) is 0 Å². The van der Waals surface area contributed by atoms with E-state index in [1.165, 1.54) is 35.3 Å². The van der Waals surface area contributed by atoms with E-state index >= 15 is 0 Å². The molecule has 1 aliphatic rings. The van der Waals surface area contributed by atoms with Crippen LogP contribution in [-0.2, 0) is 17.6 Å². The van der Waals surface area contributed by atoms with E-state index in [0.29, 0.717) is 0 Å². The lowest BCUT2D eigenvalue weighted by Gasteiger charge is -2.15. The van der Waals surface area contributed by atoms with Gasteiger partial charge in [-0.25, -0.2) is 0 Å². The van der Waals surface area contributed by atoms with Crippen molar-refractivity contribution in [3.05, 3.63) is 21.4 Å². The Morgan fingerprint density at radius 1 is 1.53 bits per heavy atom. The third-order valence-electron chi connectivity index (χ3n) is 3.11. The molecule has 82 valence electrons. The van der Waals surface area contributed by atoms with Gasteiger partial charge in [0.25, 0.3) is 0 Å². The van der Waals surface area contributed by atoms with Crippen molar-refractivity contribution in [1.82, 2.24) is 0 Å². The van der Waals surface area contributed by atoms with Crippen molar-refractivity contribution >= 4 is 17.3 Å². The Kier molecular flexibility index (Phi) is 3.10. The summed E-state index contributed by atoms with van der Waals surface area (Å²) >= 11 is 1.81. The van der Waals surface area contributed by atoms with E-state index < -0.39 is 5.97 Å². The number of carboxylic acids is 1. The Balaban J connectivity index is 2.20. The molecule has 0 bridgehead atoms. The highest BCUT2D eigenvalue weighted by molar-refractivity contribution is 7.10. The van der Waals surface area contributed by atoms with Crippen molar-refractivity contribution in [2.24, 2.45) is 0 Å². The molecule has 0 radical (unpaired) electrons. The molecule has 1 atom stereocenters. The van der Waals surface area contributed by atoms with Crippen LogP contribution in [0.2, 0.25) is 0 Å². The molecule has 1 aliphatic carbocycles. The summed E-state index contributed by atoms with van der Waals surface area (Å²) < 4.78 is 0. The van der Waals surface area contributed by atoms with Gasteiger partial charge in [0.1, 0.15) is 0 Å². The molecular formula is C12H16O2S. The number of hydrogen-bond donors (Lipinski definition) is 1. The standard InChI is InChI=1S/C12H16O2S/c1-8(6-12(13)14)10-7-15-11-5-3-2-4-9(10)11/h7-8H,2-6H2,1H3,(H,13,14). The minimum Gasteiger partial charge on any atom is -0.481 e. The van der Waals surface area contributed by atoms with Crippen LogP contribution in [-0.4, -0.2) is 11.1 Å². The van der Waals surface area contributed by atoms with Crippen LogP contribution >= 0.6 is 11.3 Å². The molecule has 0 saturated carbocycles. The first-order chi connectivity index (χ1) is 7.18. The molecule has 1 unspecified atom stereocenters. The molecule has 15 heavy (non-hydrogen) atoms. The third-order valence-corrected chi connectivity index (χ3v) is 4.21. The second-order valence-electron chi connectivity index (χ2n) is 4.30. The summed E-state index contributed by atoms with van der Waals surface area (Å²) in [5.74, 6) is -0.529. The van der Waals surface area contributed by atoms with E-state index in [4.69, 9.17) is 5.11 Å². The number of hydrogen-bond acceptors (Lipinski definition) is 2. The van der Waals surface area contributed by atoms with E-state index in [0.717, 1.165) is 6.42 Å².